The van der Waals surface area contributed by atoms with Gasteiger partial charge < -0.3 is 19.2 Å². The van der Waals surface area contributed by atoms with E-state index < -0.39 is 11.7 Å². The van der Waals surface area contributed by atoms with Crippen molar-refractivity contribution < 1.29 is 19.1 Å². The number of carbonyl (C=O) groups is 2. The average Bonchev–Trinajstić information content (AvgIpc) is 3.37. The number of hydrogen-bond donors (Lipinski definition) is 1. The first-order valence-electron chi connectivity index (χ1n) is 9.52. The number of carbonyl (C=O) groups excluding carboxylic acids is 2. The maximum Gasteiger partial charge on any atom is 0.298 e. The van der Waals surface area contributed by atoms with E-state index in [9.17, 15) is 9.59 Å². The molecule has 6 nitrogen and oxygen atoms in total. The van der Waals surface area contributed by atoms with E-state index in [1.165, 1.54) is 0 Å². The largest absolute Gasteiger partial charge is 0.454 e. The Morgan fingerprint density at radius 2 is 1.73 bits per heavy atom. The van der Waals surface area contributed by atoms with Crippen molar-refractivity contribution in [1.29, 1.82) is 0 Å². The van der Waals surface area contributed by atoms with Crippen molar-refractivity contribution in [1.82, 2.24) is 4.40 Å². The van der Waals surface area contributed by atoms with Gasteiger partial charge in [-0.15, -0.1) is 0 Å². The Bertz CT molecular complexity index is 1290. The van der Waals surface area contributed by atoms with Crippen LogP contribution in [0.25, 0.3) is 16.6 Å². The molecule has 2 aromatic carbocycles. The van der Waals surface area contributed by atoms with Crippen molar-refractivity contribution in [2.45, 2.75) is 6.92 Å². The van der Waals surface area contributed by atoms with Crippen LogP contribution in [0.5, 0.6) is 11.5 Å². The minimum Gasteiger partial charge on any atom is -0.454 e. The van der Waals surface area contributed by atoms with Crippen LogP contribution in [0, 0.1) is 6.92 Å². The Morgan fingerprint density at radius 1 is 0.933 bits per heavy atom. The number of benzene rings is 2. The molecule has 30 heavy (non-hydrogen) atoms. The predicted molar refractivity (Wildman–Crippen MR) is 113 cm³/mol. The third kappa shape index (κ3) is 3.08. The lowest BCUT2D eigenvalue weighted by molar-refractivity contribution is -0.112. The quantitative estimate of drug-likeness (QED) is 0.407. The lowest BCUT2D eigenvalue weighted by atomic mass is 10.0. The maximum absolute atomic E-state index is 13.2. The molecular weight excluding hydrogens is 380 g/mol. The van der Waals surface area contributed by atoms with Crippen LogP contribution in [0.4, 0.5) is 5.69 Å². The highest BCUT2D eigenvalue weighted by atomic mass is 16.7. The molecule has 148 valence electrons. The van der Waals surface area contributed by atoms with E-state index in [4.69, 9.17) is 9.47 Å². The highest BCUT2D eigenvalue weighted by Crippen LogP contribution is 2.34. The van der Waals surface area contributed by atoms with Gasteiger partial charge in [0.2, 0.25) is 6.79 Å². The van der Waals surface area contributed by atoms with Crippen molar-refractivity contribution in [3.8, 4) is 22.6 Å². The number of fused-ring (bicyclic) bond motifs is 2. The van der Waals surface area contributed by atoms with Gasteiger partial charge in [0, 0.05) is 29.0 Å². The van der Waals surface area contributed by atoms with E-state index in [-0.39, 0.29) is 6.79 Å². The molecule has 0 saturated carbocycles. The van der Waals surface area contributed by atoms with Crippen LogP contribution in [-0.2, 0) is 4.79 Å². The lowest BCUT2D eigenvalue weighted by Gasteiger charge is -2.08. The van der Waals surface area contributed by atoms with Gasteiger partial charge >= 0.3 is 0 Å². The lowest BCUT2D eigenvalue weighted by Crippen LogP contribution is -2.24. The second-order valence-electron chi connectivity index (χ2n) is 7.12. The molecule has 1 amide bonds. The van der Waals surface area contributed by atoms with E-state index in [1.807, 2.05) is 55.5 Å². The standard InChI is InChI=1S/C24H18N2O4/c1-15-5-7-16(8-6-15)19-13-18-4-2-3-11-26(18)22(19)23(27)24(28)25-17-9-10-20-21(12-17)30-14-29-20/h2-13H,14H2,1H3,(H,25,28). The van der Waals surface area contributed by atoms with Gasteiger partial charge in [0.05, 0.1) is 0 Å². The highest BCUT2D eigenvalue weighted by Gasteiger charge is 2.25. The summed E-state index contributed by atoms with van der Waals surface area (Å²) in [4.78, 5) is 26.1. The van der Waals surface area contributed by atoms with E-state index >= 15 is 0 Å². The fourth-order valence-corrected chi connectivity index (χ4v) is 3.58. The van der Waals surface area contributed by atoms with E-state index in [2.05, 4.69) is 5.32 Å². The summed E-state index contributed by atoms with van der Waals surface area (Å²) in [7, 11) is 0. The topological polar surface area (TPSA) is 69.0 Å². The van der Waals surface area contributed by atoms with Gasteiger partial charge in [-0.25, -0.2) is 0 Å². The molecule has 0 bridgehead atoms. The molecule has 0 spiro atoms. The predicted octanol–water partition coefficient (Wildman–Crippen LogP) is 4.46. The number of ketones is 1. The molecule has 5 rings (SSSR count). The van der Waals surface area contributed by atoms with Gasteiger partial charge in [-0.3, -0.25) is 9.59 Å². The van der Waals surface area contributed by atoms with Gasteiger partial charge in [0.1, 0.15) is 5.69 Å². The summed E-state index contributed by atoms with van der Waals surface area (Å²) >= 11 is 0. The summed E-state index contributed by atoms with van der Waals surface area (Å²) in [6.07, 6.45) is 1.79. The van der Waals surface area contributed by atoms with Gasteiger partial charge in [0.15, 0.2) is 11.5 Å². The molecule has 4 aromatic rings. The zero-order valence-corrected chi connectivity index (χ0v) is 16.2. The molecule has 0 fully saturated rings. The van der Waals surface area contributed by atoms with Gasteiger partial charge in [0.25, 0.3) is 11.7 Å². The number of rotatable bonds is 4. The minimum absolute atomic E-state index is 0.141. The summed E-state index contributed by atoms with van der Waals surface area (Å²) in [5.74, 6) is -0.187. The first kappa shape index (κ1) is 18.0. The molecule has 1 aliphatic rings. The third-order valence-corrected chi connectivity index (χ3v) is 5.09. The monoisotopic (exact) mass is 398 g/mol. The first-order valence-corrected chi connectivity index (χ1v) is 9.52. The van der Waals surface area contributed by atoms with Crippen LogP contribution in [0.2, 0.25) is 0 Å². The number of ether oxygens (including phenoxy) is 2. The fourth-order valence-electron chi connectivity index (χ4n) is 3.58. The van der Waals surface area contributed by atoms with Gasteiger partial charge in [-0.05, 0) is 42.8 Å². The van der Waals surface area contributed by atoms with Gasteiger partial charge in [-0.1, -0.05) is 35.9 Å². The SMILES string of the molecule is Cc1ccc(-c2cc3ccccn3c2C(=O)C(=O)Nc2ccc3c(c2)OCO3)cc1. The molecule has 6 heteroatoms. The summed E-state index contributed by atoms with van der Waals surface area (Å²) in [5.41, 5.74) is 4.35. The Hall–Kier alpha value is -4.06. The Kier molecular flexibility index (Phi) is 4.25. The molecule has 0 unspecified atom stereocenters. The van der Waals surface area contributed by atoms with Crippen molar-refractivity contribution in [2.75, 3.05) is 12.1 Å². The number of aryl methyl sites for hydroxylation is 1. The summed E-state index contributed by atoms with van der Waals surface area (Å²) in [5, 5.41) is 2.67. The molecule has 0 radical (unpaired) electrons. The molecule has 0 saturated heterocycles. The molecular formula is C24H18N2O4. The second kappa shape index (κ2) is 7.08. The summed E-state index contributed by atoms with van der Waals surface area (Å²) < 4.78 is 12.4. The number of Topliss-reactive ketones (excluding diaryl/α,β-unsaturated/α-hetero) is 1. The number of amides is 1. The van der Waals surface area contributed by atoms with Crippen LogP contribution < -0.4 is 14.8 Å². The van der Waals surface area contributed by atoms with Crippen molar-refractivity contribution >= 4 is 22.9 Å². The first-order chi connectivity index (χ1) is 14.6. The number of anilines is 1. The number of pyridine rings is 1. The maximum atomic E-state index is 13.2. The van der Waals surface area contributed by atoms with Crippen LogP contribution in [-0.4, -0.2) is 22.9 Å². The summed E-state index contributed by atoms with van der Waals surface area (Å²) in [6, 6.07) is 20.5. The average molecular weight is 398 g/mol. The van der Waals surface area contributed by atoms with Crippen molar-refractivity contribution in [3.05, 3.63) is 84.2 Å². The molecule has 1 N–H and O–H groups in total. The number of hydrogen-bond acceptors (Lipinski definition) is 4. The highest BCUT2D eigenvalue weighted by molar-refractivity contribution is 6.47. The normalized spacial score (nSPS) is 12.2. The second-order valence-corrected chi connectivity index (χ2v) is 7.12. The zero-order valence-electron chi connectivity index (χ0n) is 16.2. The van der Waals surface area contributed by atoms with E-state index in [0.717, 1.165) is 16.6 Å². The Balaban J connectivity index is 1.53. The third-order valence-electron chi connectivity index (χ3n) is 5.09. The Labute approximate surface area is 172 Å². The minimum atomic E-state index is -0.717. The van der Waals surface area contributed by atoms with Crippen LogP contribution in [0.15, 0.2) is 72.9 Å². The molecule has 2 aromatic heterocycles. The number of aromatic nitrogens is 1. The van der Waals surface area contributed by atoms with Gasteiger partial charge in [-0.2, -0.15) is 0 Å². The molecule has 0 atom stereocenters. The molecule has 0 aliphatic carbocycles. The smallest absolute Gasteiger partial charge is 0.298 e. The summed E-state index contributed by atoms with van der Waals surface area (Å²) in [6.45, 7) is 2.15. The van der Waals surface area contributed by atoms with E-state index in [1.54, 1.807) is 28.8 Å². The van der Waals surface area contributed by atoms with Crippen LogP contribution in [0.1, 0.15) is 16.1 Å². The van der Waals surface area contributed by atoms with E-state index in [0.29, 0.717) is 28.4 Å². The number of nitrogens with zero attached hydrogens (tertiary/aromatic N) is 1. The van der Waals surface area contributed by atoms with Crippen LogP contribution >= 0.6 is 0 Å². The van der Waals surface area contributed by atoms with Crippen LogP contribution in [0.3, 0.4) is 0 Å². The van der Waals surface area contributed by atoms with Crippen molar-refractivity contribution in [3.63, 3.8) is 0 Å². The molecule has 3 heterocycles. The fraction of sp³-hybridized carbons (Fsp3) is 0.0833. The Morgan fingerprint density at radius 3 is 2.57 bits per heavy atom. The van der Waals surface area contributed by atoms with Crippen molar-refractivity contribution in [2.24, 2.45) is 0 Å². The zero-order chi connectivity index (χ0) is 20.7. The molecule has 1 aliphatic heterocycles. The number of nitrogens with one attached hydrogen (secondary N) is 1.